The highest BCUT2D eigenvalue weighted by atomic mass is 32.1. The van der Waals surface area contributed by atoms with Gasteiger partial charge in [-0.2, -0.15) is 0 Å². The van der Waals surface area contributed by atoms with Crippen molar-refractivity contribution >= 4 is 23.4 Å². The van der Waals surface area contributed by atoms with Gasteiger partial charge in [0.2, 0.25) is 0 Å². The zero-order valence-corrected chi connectivity index (χ0v) is 21.3. The Labute approximate surface area is 211 Å². The lowest BCUT2D eigenvalue weighted by molar-refractivity contribution is -0.139. The quantitative estimate of drug-likeness (QED) is 0.487. The summed E-state index contributed by atoms with van der Waals surface area (Å²) in [5, 5.41) is 9.90. The number of phenolic OH excluding ortho intramolecular Hbond substituents is 1. The van der Waals surface area contributed by atoms with Crippen molar-refractivity contribution in [1.82, 2.24) is 4.57 Å². The molecule has 0 saturated heterocycles. The molecule has 1 aromatic heterocycles. The number of allylic oxidation sites excluding steroid dienone is 1. The molecule has 1 atom stereocenters. The van der Waals surface area contributed by atoms with E-state index < -0.39 is 12.0 Å². The number of carbonyl (C=O) groups excluding carboxylic acids is 1. The number of hydrogen-bond donors (Lipinski definition) is 1. The average molecular weight is 511 g/mol. The summed E-state index contributed by atoms with van der Waals surface area (Å²) in [6.07, 6.45) is 1.69. The number of fused-ring (bicyclic) bond motifs is 1. The number of aromatic nitrogens is 1. The van der Waals surface area contributed by atoms with Gasteiger partial charge in [-0.15, -0.1) is 0 Å². The van der Waals surface area contributed by atoms with Gasteiger partial charge in [0.25, 0.3) is 5.56 Å². The van der Waals surface area contributed by atoms with E-state index in [4.69, 9.17) is 18.9 Å². The molecule has 1 aliphatic heterocycles. The third-order valence-corrected chi connectivity index (χ3v) is 6.74. The summed E-state index contributed by atoms with van der Waals surface area (Å²) in [5.74, 6) is 0.755. The van der Waals surface area contributed by atoms with Gasteiger partial charge < -0.3 is 24.1 Å². The number of rotatable bonds is 7. The summed E-state index contributed by atoms with van der Waals surface area (Å²) in [4.78, 5) is 31.8. The van der Waals surface area contributed by atoms with Gasteiger partial charge in [0.15, 0.2) is 16.3 Å². The summed E-state index contributed by atoms with van der Waals surface area (Å²) in [5.41, 5.74) is 1.63. The minimum absolute atomic E-state index is 0.00239. The number of hydrogen-bond acceptors (Lipinski definition) is 9. The van der Waals surface area contributed by atoms with Gasteiger partial charge >= 0.3 is 5.97 Å². The molecule has 0 bridgehead atoms. The second-order valence-corrected chi connectivity index (χ2v) is 8.85. The standard InChI is InChI=1S/C26H26N2O7S/c1-6-35-25(31)22-14(2)27-26-28(23(22)17-9-8-16(32-3)13-19(17)33-4)24(30)21(36-26)12-15-7-10-18(29)20(11-15)34-5/h7-13,23,29H,6H2,1-5H3/b21-12+. The van der Waals surface area contributed by atoms with Crippen molar-refractivity contribution in [2.24, 2.45) is 4.99 Å². The molecule has 10 heteroatoms. The van der Waals surface area contributed by atoms with E-state index in [-0.39, 0.29) is 29.2 Å². The lowest BCUT2D eigenvalue weighted by Gasteiger charge is -2.26. The number of methoxy groups -OCH3 is 3. The van der Waals surface area contributed by atoms with Crippen molar-refractivity contribution < 1.29 is 28.8 Å². The van der Waals surface area contributed by atoms with Crippen LogP contribution < -0.4 is 29.1 Å². The fourth-order valence-electron chi connectivity index (χ4n) is 4.07. The van der Waals surface area contributed by atoms with Crippen LogP contribution in [0.15, 0.2) is 57.5 Å². The molecule has 36 heavy (non-hydrogen) atoms. The van der Waals surface area contributed by atoms with Crippen LogP contribution in [-0.4, -0.2) is 43.6 Å². The second-order valence-electron chi connectivity index (χ2n) is 7.84. The Morgan fingerprint density at radius 1 is 1.11 bits per heavy atom. The molecule has 3 aromatic rings. The molecule has 2 heterocycles. The van der Waals surface area contributed by atoms with E-state index in [1.54, 1.807) is 57.4 Å². The first kappa shape index (κ1) is 25.1. The van der Waals surface area contributed by atoms with Crippen LogP contribution in [0.25, 0.3) is 6.08 Å². The van der Waals surface area contributed by atoms with Crippen molar-refractivity contribution in [2.45, 2.75) is 19.9 Å². The van der Waals surface area contributed by atoms with Gasteiger partial charge in [-0.3, -0.25) is 9.36 Å². The van der Waals surface area contributed by atoms with E-state index in [1.807, 2.05) is 0 Å². The average Bonchev–Trinajstić information content (AvgIpc) is 3.18. The number of benzene rings is 2. The molecule has 1 unspecified atom stereocenters. The Balaban J connectivity index is 1.98. The second kappa shape index (κ2) is 10.3. The summed E-state index contributed by atoms with van der Waals surface area (Å²) >= 11 is 1.20. The molecule has 2 aromatic carbocycles. The molecule has 0 amide bonds. The zero-order valence-electron chi connectivity index (χ0n) is 20.5. The van der Waals surface area contributed by atoms with E-state index in [9.17, 15) is 14.7 Å². The highest BCUT2D eigenvalue weighted by molar-refractivity contribution is 7.07. The third kappa shape index (κ3) is 4.47. The van der Waals surface area contributed by atoms with E-state index in [1.165, 1.54) is 36.2 Å². The van der Waals surface area contributed by atoms with Crippen LogP contribution in [0.3, 0.4) is 0 Å². The molecule has 0 saturated carbocycles. The van der Waals surface area contributed by atoms with Gasteiger partial charge in [-0.25, -0.2) is 9.79 Å². The van der Waals surface area contributed by atoms with Crippen LogP contribution in [-0.2, 0) is 9.53 Å². The monoisotopic (exact) mass is 510 g/mol. The Kier molecular flexibility index (Phi) is 7.16. The molecule has 188 valence electrons. The lowest BCUT2D eigenvalue weighted by atomic mass is 9.95. The van der Waals surface area contributed by atoms with E-state index >= 15 is 0 Å². The molecular weight excluding hydrogens is 484 g/mol. The summed E-state index contributed by atoms with van der Waals surface area (Å²) < 4.78 is 23.3. The molecule has 0 fully saturated rings. The van der Waals surface area contributed by atoms with Gasteiger partial charge in [0.05, 0.1) is 43.7 Å². The maximum absolute atomic E-state index is 13.7. The number of carbonyl (C=O) groups is 1. The van der Waals surface area contributed by atoms with Gasteiger partial charge in [-0.05, 0) is 49.8 Å². The highest BCUT2D eigenvalue weighted by Crippen LogP contribution is 2.37. The van der Waals surface area contributed by atoms with Gasteiger partial charge in [0.1, 0.15) is 17.5 Å². The number of thiazole rings is 1. The third-order valence-electron chi connectivity index (χ3n) is 5.75. The van der Waals surface area contributed by atoms with Crippen molar-refractivity contribution in [1.29, 1.82) is 0 Å². The van der Waals surface area contributed by atoms with Crippen molar-refractivity contribution in [3.8, 4) is 23.0 Å². The van der Waals surface area contributed by atoms with Gasteiger partial charge in [-0.1, -0.05) is 17.4 Å². The SMILES string of the molecule is CCOC(=O)C1=C(C)N=c2s/c(=C/c3ccc(O)c(OC)c3)c(=O)n2C1c1ccc(OC)cc1OC. The Bertz CT molecular complexity index is 1530. The molecular formula is C26H26N2O7S. The fraction of sp³-hybridized carbons (Fsp3) is 0.269. The topological polar surface area (TPSA) is 109 Å². The molecule has 0 aliphatic carbocycles. The van der Waals surface area contributed by atoms with Crippen LogP contribution >= 0.6 is 11.3 Å². The first-order valence-electron chi connectivity index (χ1n) is 11.1. The predicted octanol–water partition coefficient (Wildman–Crippen LogP) is 2.53. The molecule has 1 aliphatic rings. The zero-order chi connectivity index (χ0) is 26.0. The van der Waals surface area contributed by atoms with Crippen LogP contribution in [0.5, 0.6) is 23.0 Å². The van der Waals surface area contributed by atoms with E-state index in [2.05, 4.69) is 4.99 Å². The number of esters is 1. The largest absolute Gasteiger partial charge is 0.504 e. The number of aromatic hydroxyl groups is 1. The van der Waals surface area contributed by atoms with Gasteiger partial charge in [0, 0.05) is 11.6 Å². The van der Waals surface area contributed by atoms with Crippen molar-refractivity contribution in [3.63, 3.8) is 0 Å². The smallest absolute Gasteiger partial charge is 0.338 e. The normalized spacial score (nSPS) is 15.2. The fourth-order valence-corrected chi connectivity index (χ4v) is 5.11. The first-order chi connectivity index (χ1) is 17.3. The number of ether oxygens (including phenoxy) is 4. The Morgan fingerprint density at radius 3 is 2.53 bits per heavy atom. The molecule has 0 radical (unpaired) electrons. The Morgan fingerprint density at radius 2 is 1.86 bits per heavy atom. The molecule has 0 spiro atoms. The van der Waals surface area contributed by atoms with E-state index in [0.717, 1.165) is 0 Å². The summed E-state index contributed by atoms with van der Waals surface area (Å²) in [6.45, 7) is 3.62. The van der Waals surface area contributed by atoms with Crippen molar-refractivity contribution in [2.75, 3.05) is 27.9 Å². The molecule has 1 N–H and O–H groups in total. The Hall–Kier alpha value is -4.05. The maximum atomic E-state index is 13.7. The van der Waals surface area contributed by atoms with Crippen LogP contribution in [0, 0.1) is 0 Å². The number of phenols is 1. The molecule has 9 nitrogen and oxygen atoms in total. The van der Waals surface area contributed by atoms with Crippen molar-refractivity contribution in [3.05, 3.63) is 78.5 Å². The van der Waals surface area contributed by atoms with Crippen LogP contribution in [0.2, 0.25) is 0 Å². The maximum Gasteiger partial charge on any atom is 0.338 e. The lowest BCUT2D eigenvalue weighted by Crippen LogP contribution is -2.40. The van der Waals surface area contributed by atoms with E-state index in [0.29, 0.717) is 37.7 Å². The predicted molar refractivity (Wildman–Crippen MR) is 135 cm³/mol. The molecule has 4 rings (SSSR count). The van der Waals surface area contributed by atoms with Crippen LogP contribution in [0.4, 0.5) is 0 Å². The highest BCUT2D eigenvalue weighted by Gasteiger charge is 2.35. The minimum atomic E-state index is -0.822. The number of nitrogens with zero attached hydrogens (tertiary/aromatic N) is 2. The first-order valence-corrected chi connectivity index (χ1v) is 11.9. The van der Waals surface area contributed by atoms with Crippen LogP contribution in [0.1, 0.15) is 31.0 Å². The minimum Gasteiger partial charge on any atom is -0.504 e. The summed E-state index contributed by atoms with van der Waals surface area (Å²) in [7, 11) is 4.51. The summed E-state index contributed by atoms with van der Waals surface area (Å²) in [6, 6.07) is 9.19.